The molecule has 0 spiro atoms. The van der Waals surface area contributed by atoms with Gasteiger partial charge in [0.05, 0.1) is 19.8 Å². The molecule has 0 unspecified atom stereocenters. The van der Waals surface area contributed by atoms with E-state index in [0.717, 1.165) is 5.56 Å². The minimum atomic E-state index is -0.345. The Morgan fingerprint density at radius 1 is 1.53 bits per heavy atom. The molecule has 0 aliphatic rings. The Hall–Kier alpha value is -1.46. The van der Waals surface area contributed by atoms with Gasteiger partial charge >= 0.3 is 6.03 Å². The third kappa shape index (κ3) is 4.61. The van der Waals surface area contributed by atoms with Crippen molar-refractivity contribution in [3.8, 4) is 5.75 Å². The monoisotopic (exact) mass is 286 g/mol. The standard InChI is InChI=1S/C13H19ClN2O3/c1-3-9(8-17)16-13(18)15-7-10-11(14)5-4-6-12(10)19-2/h4-6,9,17H,3,7-8H2,1-2H3,(H2,15,16,18)/t9-/m1/s1. The second-order valence-electron chi connectivity index (χ2n) is 4.04. The number of hydrogen-bond donors (Lipinski definition) is 3. The van der Waals surface area contributed by atoms with Gasteiger partial charge in [0, 0.05) is 17.1 Å². The molecule has 1 aromatic rings. The van der Waals surface area contributed by atoms with E-state index in [1.807, 2.05) is 6.92 Å². The van der Waals surface area contributed by atoms with E-state index in [-0.39, 0.29) is 25.2 Å². The molecule has 1 rings (SSSR count). The van der Waals surface area contributed by atoms with Gasteiger partial charge in [-0.1, -0.05) is 24.6 Å². The summed E-state index contributed by atoms with van der Waals surface area (Å²) in [6.07, 6.45) is 0.666. The smallest absolute Gasteiger partial charge is 0.315 e. The van der Waals surface area contributed by atoms with Crippen LogP contribution in [0.2, 0.25) is 5.02 Å². The van der Waals surface area contributed by atoms with Crippen molar-refractivity contribution < 1.29 is 14.6 Å². The normalized spacial score (nSPS) is 11.8. The van der Waals surface area contributed by atoms with Crippen LogP contribution in [-0.4, -0.2) is 30.9 Å². The van der Waals surface area contributed by atoms with E-state index in [4.69, 9.17) is 21.4 Å². The Labute approximate surface area is 117 Å². The summed E-state index contributed by atoms with van der Waals surface area (Å²) in [6.45, 7) is 2.06. The molecule has 0 aliphatic heterocycles. The molecular formula is C13H19ClN2O3. The van der Waals surface area contributed by atoms with Gasteiger partial charge in [0.15, 0.2) is 0 Å². The topological polar surface area (TPSA) is 70.6 Å². The second-order valence-corrected chi connectivity index (χ2v) is 4.44. The SMILES string of the molecule is CC[C@H](CO)NC(=O)NCc1c(Cl)cccc1OC. The van der Waals surface area contributed by atoms with Crippen molar-refractivity contribution >= 4 is 17.6 Å². The van der Waals surface area contributed by atoms with Gasteiger partial charge in [0.1, 0.15) is 5.75 Å². The number of ether oxygens (including phenoxy) is 1. The number of rotatable bonds is 6. The number of methoxy groups -OCH3 is 1. The molecule has 0 saturated heterocycles. The first-order chi connectivity index (χ1) is 9.12. The molecule has 5 nitrogen and oxygen atoms in total. The van der Waals surface area contributed by atoms with Gasteiger partial charge < -0.3 is 20.5 Å². The van der Waals surface area contributed by atoms with E-state index in [9.17, 15) is 4.79 Å². The van der Waals surface area contributed by atoms with Crippen LogP contribution in [0.4, 0.5) is 4.79 Å². The minimum Gasteiger partial charge on any atom is -0.496 e. The predicted octanol–water partition coefficient (Wildman–Crippen LogP) is 1.92. The zero-order chi connectivity index (χ0) is 14.3. The lowest BCUT2D eigenvalue weighted by atomic mass is 10.2. The fourth-order valence-corrected chi connectivity index (χ4v) is 1.82. The van der Waals surface area contributed by atoms with Crippen LogP contribution in [0.25, 0.3) is 0 Å². The number of halogens is 1. The molecule has 3 N–H and O–H groups in total. The summed E-state index contributed by atoms with van der Waals surface area (Å²) in [7, 11) is 1.55. The van der Waals surface area contributed by atoms with Crippen LogP contribution >= 0.6 is 11.6 Å². The summed E-state index contributed by atoms with van der Waals surface area (Å²) in [5.74, 6) is 0.627. The Balaban J connectivity index is 2.59. The van der Waals surface area contributed by atoms with E-state index in [1.54, 1.807) is 25.3 Å². The van der Waals surface area contributed by atoms with Gasteiger partial charge in [0.2, 0.25) is 0 Å². The van der Waals surface area contributed by atoms with Crippen molar-refractivity contribution in [2.75, 3.05) is 13.7 Å². The highest BCUT2D eigenvalue weighted by molar-refractivity contribution is 6.31. The summed E-state index contributed by atoms with van der Waals surface area (Å²) in [6, 6.07) is 4.71. The average molecular weight is 287 g/mol. The second kappa shape index (κ2) is 7.86. The first kappa shape index (κ1) is 15.6. The number of hydrogen-bond acceptors (Lipinski definition) is 3. The highest BCUT2D eigenvalue weighted by Crippen LogP contribution is 2.25. The van der Waals surface area contributed by atoms with Gasteiger partial charge in [-0.2, -0.15) is 0 Å². The molecule has 1 aromatic carbocycles. The van der Waals surface area contributed by atoms with Gasteiger partial charge in [-0.05, 0) is 18.6 Å². The molecule has 0 aliphatic carbocycles. The molecule has 1 atom stereocenters. The number of aliphatic hydroxyl groups excluding tert-OH is 1. The van der Waals surface area contributed by atoms with E-state index in [2.05, 4.69) is 10.6 Å². The Morgan fingerprint density at radius 3 is 2.84 bits per heavy atom. The maximum atomic E-state index is 11.6. The van der Waals surface area contributed by atoms with Crippen LogP contribution in [0.3, 0.4) is 0 Å². The number of aliphatic hydroxyl groups is 1. The summed E-state index contributed by atoms with van der Waals surface area (Å²) < 4.78 is 5.19. The van der Waals surface area contributed by atoms with Gasteiger partial charge in [0.25, 0.3) is 0 Å². The van der Waals surface area contributed by atoms with E-state index in [1.165, 1.54) is 0 Å². The number of carbonyl (C=O) groups is 1. The van der Waals surface area contributed by atoms with Crippen LogP contribution in [0.1, 0.15) is 18.9 Å². The van der Waals surface area contributed by atoms with Crippen molar-refractivity contribution in [1.29, 1.82) is 0 Å². The van der Waals surface area contributed by atoms with E-state index >= 15 is 0 Å². The molecule has 19 heavy (non-hydrogen) atoms. The van der Waals surface area contributed by atoms with Crippen molar-refractivity contribution in [3.63, 3.8) is 0 Å². The molecule has 6 heteroatoms. The lowest BCUT2D eigenvalue weighted by Gasteiger charge is -2.16. The molecule has 0 heterocycles. The fraction of sp³-hybridized carbons (Fsp3) is 0.462. The van der Waals surface area contributed by atoms with Crippen LogP contribution in [0, 0.1) is 0 Å². The van der Waals surface area contributed by atoms with Gasteiger partial charge in [-0.25, -0.2) is 4.79 Å². The lowest BCUT2D eigenvalue weighted by Crippen LogP contribution is -2.43. The largest absolute Gasteiger partial charge is 0.496 e. The number of urea groups is 1. The van der Waals surface area contributed by atoms with Crippen LogP contribution in [0.5, 0.6) is 5.75 Å². The molecule has 0 radical (unpaired) electrons. The predicted molar refractivity (Wildman–Crippen MR) is 74.5 cm³/mol. The summed E-state index contributed by atoms with van der Waals surface area (Å²) >= 11 is 6.06. The molecule has 0 bridgehead atoms. The van der Waals surface area contributed by atoms with Crippen LogP contribution < -0.4 is 15.4 Å². The van der Waals surface area contributed by atoms with Crippen LogP contribution in [0.15, 0.2) is 18.2 Å². The molecule has 0 saturated carbocycles. The molecule has 0 aromatic heterocycles. The first-order valence-electron chi connectivity index (χ1n) is 6.09. The van der Waals surface area contributed by atoms with E-state index < -0.39 is 0 Å². The molecule has 106 valence electrons. The highest BCUT2D eigenvalue weighted by atomic mass is 35.5. The average Bonchev–Trinajstić information content (AvgIpc) is 2.43. The molecular weight excluding hydrogens is 268 g/mol. The Bertz CT molecular complexity index is 422. The minimum absolute atomic E-state index is 0.0840. The zero-order valence-electron chi connectivity index (χ0n) is 11.1. The number of nitrogens with one attached hydrogen (secondary N) is 2. The maximum Gasteiger partial charge on any atom is 0.315 e. The molecule has 2 amide bonds. The number of benzene rings is 1. The third-order valence-electron chi connectivity index (χ3n) is 2.77. The van der Waals surface area contributed by atoms with Crippen molar-refractivity contribution in [3.05, 3.63) is 28.8 Å². The molecule has 0 fully saturated rings. The highest BCUT2D eigenvalue weighted by Gasteiger charge is 2.11. The van der Waals surface area contributed by atoms with E-state index in [0.29, 0.717) is 17.2 Å². The van der Waals surface area contributed by atoms with Crippen molar-refractivity contribution in [2.24, 2.45) is 0 Å². The maximum absolute atomic E-state index is 11.6. The zero-order valence-corrected chi connectivity index (χ0v) is 11.8. The van der Waals surface area contributed by atoms with Crippen molar-refractivity contribution in [2.45, 2.75) is 25.9 Å². The van der Waals surface area contributed by atoms with Crippen LogP contribution in [-0.2, 0) is 6.54 Å². The third-order valence-corrected chi connectivity index (χ3v) is 3.12. The first-order valence-corrected chi connectivity index (χ1v) is 6.46. The lowest BCUT2D eigenvalue weighted by molar-refractivity contribution is 0.214. The summed E-state index contributed by atoms with van der Waals surface area (Å²) in [5, 5.41) is 14.9. The van der Waals surface area contributed by atoms with Gasteiger partial charge in [-0.15, -0.1) is 0 Å². The summed E-state index contributed by atoms with van der Waals surface area (Å²) in [5.41, 5.74) is 0.721. The number of amides is 2. The Kier molecular flexibility index (Phi) is 6.45. The number of carbonyl (C=O) groups excluding carboxylic acids is 1. The summed E-state index contributed by atoms with van der Waals surface area (Å²) in [4.78, 5) is 11.6. The quantitative estimate of drug-likeness (QED) is 0.748. The van der Waals surface area contributed by atoms with Crippen molar-refractivity contribution in [1.82, 2.24) is 10.6 Å². The fourth-order valence-electron chi connectivity index (χ4n) is 1.58. The Morgan fingerprint density at radius 2 is 2.26 bits per heavy atom. The van der Waals surface area contributed by atoms with Gasteiger partial charge in [-0.3, -0.25) is 0 Å².